The van der Waals surface area contributed by atoms with Gasteiger partial charge < -0.3 is 0 Å². The van der Waals surface area contributed by atoms with E-state index in [2.05, 4.69) is 36.0 Å². The molecule has 0 radical (unpaired) electrons. The van der Waals surface area contributed by atoms with Crippen molar-refractivity contribution in [3.63, 3.8) is 0 Å². The first-order valence-electron chi connectivity index (χ1n) is 4.68. The van der Waals surface area contributed by atoms with Gasteiger partial charge in [-0.25, -0.2) is 0 Å². The molecular weight excluding hydrogens is 174 g/mol. The monoisotopic (exact) mass is 189 g/mol. The minimum Gasteiger partial charge on any atom is -0.0862 e. The highest BCUT2D eigenvalue weighted by Crippen LogP contribution is 2.24. The van der Waals surface area contributed by atoms with Crippen LogP contribution in [0.1, 0.15) is 35.2 Å². The Balaban J connectivity index is 3.21. The van der Waals surface area contributed by atoms with Gasteiger partial charge in [0.25, 0.3) is 0 Å². The summed E-state index contributed by atoms with van der Waals surface area (Å²) in [6, 6.07) is 4.15. The number of azide groups is 1. The number of benzene rings is 1. The molecule has 1 rings (SSSR count). The van der Waals surface area contributed by atoms with Crippen LogP contribution in [0, 0.1) is 20.8 Å². The largest absolute Gasteiger partial charge is 0.0862 e. The molecule has 1 aromatic rings. The van der Waals surface area contributed by atoms with Crippen LogP contribution in [0.2, 0.25) is 0 Å². The van der Waals surface area contributed by atoms with Crippen molar-refractivity contribution in [2.75, 3.05) is 0 Å². The van der Waals surface area contributed by atoms with Crippen LogP contribution in [-0.4, -0.2) is 0 Å². The molecule has 0 aliphatic rings. The molecular formula is C11H15N3. The number of rotatable bonds is 2. The van der Waals surface area contributed by atoms with Crippen LogP contribution in [0.4, 0.5) is 0 Å². The van der Waals surface area contributed by atoms with Gasteiger partial charge in [0.05, 0.1) is 6.04 Å². The summed E-state index contributed by atoms with van der Waals surface area (Å²) in [6.45, 7) is 8.12. The Morgan fingerprint density at radius 2 is 1.71 bits per heavy atom. The fourth-order valence-corrected chi connectivity index (χ4v) is 1.57. The van der Waals surface area contributed by atoms with E-state index < -0.39 is 0 Å². The molecule has 0 aliphatic carbocycles. The van der Waals surface area contributed by atoms with E-state index in [0.29, 0.717) is 0 Å². The summed E-state index contributed by atoms with van der Waals surface area (Å²) in [5.74, 6) is 0. The first-order valence-corrected chi connectivity index (χ1v) is 4.68. The second kappa shape index (κ2) is 4.16. The number of hydrogen-bond donors (Lipinski definition) is 0. The molecule has 0 unspecified atom stereocenters. The van der Waals surface area contributed by atoms with Crippen molar-refractivity contribution < 1.29 is 0 Å². The predicted octanol–water partition coefficient (Wildman–Crippen LogP) is 3.98. The quantitative estimate of drug-likeness (QED) is 0.384. The van der Waals surface area contributed by atoms with Gasteiger partial charge in [0.15, 0.2) is 0 Å². The maximum absolute atomic E-state index is 8.37. The molecule has 0 saturated heterocycles. The van der Waals surface area contributed by atoms with Gasteiger partial charge in [0.1, 0.15) is 0 Å². The highest BCUT2D eigenvalue weighted by Gasteiger charge is 2.07. The summed E-state index contributed by atoms with van der Waals surface area (Å²) >= 11 is 0. The van der Waals surface area contributed by atoms with E-state index in [9.17, 15) is 0 Å². The normalized spacial score (nSPS) is 12.0. The summed E-state index contributed by atoms with van der Waals surface area (Å²) in [5, 5.41) is 3.71. The first kappa shape index (κ1) is 10.6. The Bertz CT molecular complexity index is 390. The van der Waals surface area contributed by atoms with Gasteiger partial charge in [-0.15, -0.1) is 0 Å². The van der Waals surface area contributed by atoms with E-state index in [1.165, 1.54) is 16.7 Å². The van der Waals surface area contributed by atoms with Crippen molar-refractivity contribution in [1.29, 1.82) is 0 Å². The smallest absolute Gasteiger partial charge is 0.0599 e. The maximum Gasteiger partial charge on any atom is 0.0599 e. The van der Waals surface area contributed by atoms with Crippen molar-refractivity contribution in [2.24, 2.45) is 5.11 Å². The van der Waals surface area contributed by atoms with E-state index in [-0.39, 0.29) is 6.04 Å². The Morgan fingerprint density at radius 1 is 1.14 bits per heavy atom. The molecule has 14 heavy (non-hydrogen) atoms. The molecule has 0 bridgehead atoms. The molecule has 1 atom stereocenters. The standard InChI is InChI=1S/C11H15N3/c1-7-5-9(3)11(6-8(7)2)10(4)13-14-12/h5-6,10H,1-4H3/t10-/m1/s1. The summed E-state index contributed by atoms with van der Waals surface area (Å²) in [7, 11) is 0. The molecule has 0 fully saturated rings. The summed E-state index contributed by atoms with van der Waals surface area (Å²) in [6.07, 6.45) is 0. The van der Waals surface area contributed by atoms with Gasteiger partial charge in [-0.2, -0.15) is 0 Å². The van der Waals surface area contributed by atoms with Crippen molar-refractivity contribution in [3.05, 3.63) is 44.8 Å². The number of hydrogen-bond acceptors (Lipinski definition) is 1. The van der Waals surface area contributed by atoms with Gasteiger partial charge in [0.2, 0.25) is 0 Å². The summed E-state index contributed by atoms with van der Waals surface area (Å²) in [5.41, 5.74) is 13.2. The summed E-state index contributed by atoms with van der Waals surface area (Å²) in [4.78, 5) is 2.83. The fourth-order valence-electron chi connectivity index (χ4n) is 1.57. The van der Waals surface area contributed by atoms with Crippen LogP contribution >= 0.6 is 0 Å². The minimum atomic E-state index is -0.0840. The Morgan fingerprint density at radius 3 is 2.29 bits per heavy atom. The van der Waals surface area contributed by atoms with Crippen LogP contribution in [0.25, 0.3) is 10.4 Å². The highest BCUT2D eigenvalue weighted by molar-refractivity contribution is 5.38. The lowest BCUT2D eigenvalue weighted by molar-refractivity contribution is 0.798. The Hall–Kier alpha value is -1.47. The van der Waals surface area contributed by atoms with E-state index >= 15 is 0 Å². The van der Waals surface area contributed by atoms with Crippen molar-refractivity contribution in [3.8, 4) is 0 Å². The molecule has 0 N–H and O–H groups in total. The SMILES string of the molecule is Cc1cc(C)c([C@@H](C)N=[N+]=[N-])cc1C. The van der Waals surface area contributed by atoms with Crippen molar-refractivity contribution >= 4 is 0 Å². The van der Waals surface area contributed by atoms with E-state index in [0.717, 1.165) is 5.56 Å². The van der Waals surface area contributed by atoms with Gasteiger partial charge in [-0.1, -0.05) is 24.2 Å². The third-order valence-electron chi connectivity index (χ3n) is 2.56. The molecule has 0 spiro atoms. The third-order valence-corrected chi connectivity index (χ3v) is 2.56. The maximum atomic E-state index is 8.37. The second-order valence-corrected chi connectivity index (χ2v) is 3.67. The zero-order valence-corrected chi connectivity index (χ0v) is 9.07. The molecule has 3 nitrogen and oxygen atoms in total. The van der Waals surface area contributed by atoms with Crippen LogP contribution < -0.4 is 0 Å². The fraction of sp³-hybridized carbons (Fsp3) is 0.455. The molecule has 0 amide bonds. The van der Waals surface area contributed by atoms with Crippen molar-refractivity contribution in [1.82, 2.24) is 0 Å². The molecule has 3 heteroatoms. The van der Waals surface area contributed by atoms with Crippen LogP contribution in [0.3, 0.4) is 0 Å². The molecule has 0 aliphatic heterocycles. The minimum absolute atomic E-state index is 0.0840. The molecule has 74 valence electrons. The van der Waals surface area contributed by atoms with E-state index in [1.54, 1.807) is 0 Å². The first-order chi connectivity index (χ1) is 6.56. The predicted molar refractivity (Wildman–Crippen MR) is 58.2 cm³/mol. The van der Waals surface area contributed by atoms with Crippen molar-refractivity contribution in [2.45, 2.75) is 33.7 Å². The highest BCUT2D eigenvalue weighted by atomic mass is 15.1. The van der Waals surface area contributed by atoms with E-state index in [4.69, 9.17) is 5.53 Å². The average molecular weight is 189 g/mol. The topological polar surface area (TPSA) is 48.8 Å². The third kappa shape index (κ3) is 2.06. The molecule has 0 heterocycles. The number of aryl methyl sites for hydroxylation is 3. The van der Waals surface area contributed by atoms with Gasteiger partial charge in [0, 0.05) is 4.91 Å². The molecule has 0 saturated carbocycles. The van der Waals surface area contributed by atoms with Crippen LogP contribution in [-0.2, 0) is 0 Å². The van der Waals surface area contributed by atoms with Crippen LogP contribution in [0.5, 0.6) is 0 Å². The molecule has 0 aromatic heterocycles. The number of nitrogens with zero attached hydrogens (tertiary/aromatic N) is 3. The van der Waals surface area contributed by atoms with E-state index in [1.807, 2.05) is 13.8 Å². The lowest BCUT2D eigenvalue weighted by atomic mass is 9.97. The van der Waals surface area contributed by atoms with Gasteiger partial charge in [-0.05, 0) is 48.6 Å². The van der Waals surface area contributed by atoms with Gasteiger partial charge in [-0.3, -0.25) is 0 Å². The lowest BCUT2D eigenvalue weighted by Crippen LogP contribution is -1.95. The second-order valence-electron chi connectivity index (χ2n) is 3.67. The molecule has 1 aromatic carbocycles. The summed E-state index contributed by atoms with van der Waals surface area (Å²) < 4.78 is 0. The average Bonchev–Trinajstić information content (AvgIpc) is 2.11. The Labute approximate surface area is 84.4 Å². The van der Waals surface area contributed by atoms with Crippen LogP contribution in [0.15, 0.2) is 17.2 Å². The Kier molecular flexibility index (Phi) is 3.15. The zero-order chi connectivity index (χ0) is 10.7. The lowest BCUT2D eigenvalue weighted by Gasteiger charge is -2.12. The zero-order valence-electron chi connectivity index (χ0n) is 9.07. The van der Waals surface area contributed by atoms with Gasteiger partial charge >= 0.3 is 0 Å².